The fourth-order valence-corrected chi connectivity index (χ4v) is 7.50. The summed E-state index contributed by atoms with van der Waals surface area (Å²) in [5.41, 5.74) is 0.456. The van der Waals surface area contributed by atoms with Crippen molar-refractivity contribution >= 4 is 29.1 Å². The second kappa shape index (κ2) is 7.05. The monoisotopic (exact) mass is 420 g/mol. The van der Waals surface area contributed by atoms with Gasteiger partial charge in [-0.1, -0.05) is 31.5 Å². The van der Waals surface area contributed by atoms with Crippen LogP contribution >= 0.6 is 11.6 Å². The van der Waals surface area contributed by atoms with Gasteiger partial charge in [0, 0.05) is 22.8 Å². The van der Waals surface area contributed by atoms with E-state index < -0.39 is 18.7 Å². The van der Waals surface area contributed by atoms with Crippen LogP contribution in [-0.4, -0.2) is 35.4 Å². The van der Waals surface area contributed by atoms with Gasteiger partial charge in [-0.25, -0.2) is 4.79 Å². The highest BCUT2D eigenvalue weighted by atomic mass is 35.5. The number of hydrogen-bond acceptors (Lipinski definition) is 5. The Kier molecular flexibility index (Phi) is 5.06. The topological polar surface area (TPSA) is 80.7 Å². The van der Waals surface area contributed by atoms with E-state index >= 15 is 0 Å². The normalized spacial score (nSPS) is 43.5. The van der Waals surface area contributed by atoms with Crippen molar-refractivity contribution in [2.45, 2.75) is 59.0 Å². The number of halogens is 1. The lowest BCUT2D eigenvalue weighted by Gasteiger charge is -2.56. The molecule has 0 saturated heterocycles. The molecule has 4 aliphatic carbocycles. The third-order valence-corrected chi connectivity index (χ3v) is 8.80. The Morgan fingerprint density at radius 3 is 2.62 bits per heavy atom. The van der Waals surface area contributed by atoms with Gasteiger partial charge in [-0.05, 0) is 67.4 Å². The Hall–Kier alpha value is -1.46. The first-order valence-electron chi connectivity index (χ1n) is 10.6. The molecule has 0 aliphatic heterocycles. The molecule has 0 amide bonds. The molecule has 0 aromatic rings. The van der Waals surface area contributed by atoms with Crippen LogP contribution < -0.4 is 0 Å². The van der Waals surface area contributed by atoms with Gasteiger partial charge in [0.1, 0.15) is 12.4 Å². The molecule has 1 N–H and O–H groups in total. The average molecular weight is 421 g/mol. The second-order valence-corrected chi connectivity index (χ2v) is 10.2. The summed E-state index contributed by atoms with van der Waals surface area (Å²) in [4.78, 5) is 36.4. The van der Waals surface area contributed by atoms with Gasteiger partial charge in [-0.15, -0.1) is 0 Å². The van der Waals surface area contributed by atoms with E-state index in [-0.39, 0.29) is 40.2 Å². The number of hydrogen-bond donors (Lipinski definition) is 1. The van der Waals surface area contributed by atoms with E-state index in [2.05, 4.69) is 19.9 Å². The van der Waals surface area contributed by atoms with Crippen LogP contribution in [-0.2, 0) is 19.1 Å². The van der Waals surface area contributed by atoms with Crippen LogP contribution in [0.15, 0.2) is 22.8 Å². The number of aliphatic hydroxyl groups excluding tert-OH is 1. The van der Waals surface area contributed by atoms with Gasteiger partial charge < -0.3 is 9.84 Å². The molecule has 7 atom stereocenters. The standard InChI is InChI=1S/C23H29ClO5/c1-12(26)14-4-5-15-13-8-18(24)17-9-19(27)20(29-21(28)11-25)10-23(17,3)16(13)6-7-22(14,15)2/h8-9,13-16,20,25H,4-7,10-11H2,1-3H3/t13-,14+,15-,16-,20?,22+,23+/m0/s1. The van der Waals surface area contributed by atoms with E-state index in [9.17, 15) is 14.4 Å². The predicted octanol–water partition coefficient (Wildman–Crippen LogP) is 3.58. The van der Waals surface area contributed by atoms with Crippen molar-refractivity contribution in [3.8, 4) is 0 Å². The van der Waals surface area contributed by atoms with Gasteiger partial charge in [0.05, 0.1) is 0 Å². The highest BCUT2D eigenvalue weighted by molar-refractivity contribution is 6.32. The quantitative estimate of drug-likeness (QED) is 0.706. The number of allylic oxidation sites excluding steroid dienone is 3. The minimum Gasteiger partial charge on any atom is -0.452 e. The molecule has 5 nitrogen and oxygen atoms in total. The Morgan fingerprint density at radius 1 is 1.24 bits per heavy atom. The molecule has 2 saturated carbocycles. The largest absolute Gasteiger partial charge is 0.452 e. The summed E-state index contributed by atoms with van der Waals surface area (Å²) in [5.74, 6) is 0.246. The first-order valence-corrected chi connectivity index (χ1v) is 10.9. The minimum atomic E-state index is -0.881. The average Bonchev–Trinajstić information content (AvgIpc) is 3.01. The molecule has 0 spiro atoms. The molecule has 0 radical (unpaired) electrons. The molecule has 0 bridgehead atoms. The number of esters is 1. The van der Waals surface area contributed by atoms with Crippen LogP contribution in [0.2, 0.25) is 0 Å². The van der Waals surface area contributed by atoms with E-state index in [1.54, 1.807) is 6.92 Å². The SMILES string of the molecule is CC(=O)[C@H]1CC[C@H]2[C@@H]3C=C(Cl)C4=CC(=O)C(OC(=O)CO)C[C@]4(C)[C@H]3CC[C@]12C. The van der Waals surface area contributed by atoms with Gasteiger partial charge in [0.2, 0.25) is 0 Å². The second-order valence-electron chi connectivity index (χ2n) is 9.81. The van der Waals surface area contributed by atoms with Crippen LogP contribution in [0.4, 0.5) is 0 Å². The zero-order chi connectivity index (χ0) is 21.1. The van der Waals surface area contributed by atoms with Gasteiger partial charge >= 0.3 is 5.97 Å². The smallest absolute Gasteiger partial charge is 0.332 e. The molecule has 0 heterocycles. The summed E-state index contributed by atoms with van der Waals surface area (Å²) in [5, 5.41) is 9.63. The molecule has 6 heteroatoms. The Bertz CT molecular complexity index is 829. The third-order valence-electron chi connectivity index (χ3n) is 8.47. The maximum atomic E-state index is 12.5. The summed E-state index contributed by atoms with van der Waals surface area (Å²) in [6.07, 6.45) is 7.03. The van der Waals surface area contributed by atoms with Crippen LogP contribution in [0.1, 0.15) is 52.9 Å². The van der Waals surface area contributed by atoms with E-state index in [4.69, 9.17) is 21.4 Å². The molecule has 158 valence electrons. The Labute approximate surface area is 176 Å². The highest BCUT2D eigenvalue weighted by Gasteiger charge is 2.60. The molecular weight excluding hydrogens is 392 g/mol. The molecule has 1 unspecified atom stereocenters. The highest BCUT2D eigenvalue weighted by Crippen LogP contribution is 2.66. The summed E-state index contributed by atoms with van der Waals surface area (Å²) in [6, 6.07) is 0. The Morgan fingerprint density at radius 2 is 1.97 bits per heavy atom. The van der Waals surface area contributed by atoms with Crippen LogP contribution in [0.25, 0.3) is 0 Å². The fourth-order valence-electron chi connectivity index (χ4n) is 7.08. The summed E-state index contributed by atoms with van der Waals surface area (Å²) in [6.45, 7) is 5.36. The lowest BCUT2D eigenvalue weighted by molar-refractivity contribution is -0.159. The molecule has 0 aromatic carbocycles. The van der Waals surface area contributed by atoms with E-state index in [1.807, 2.05) is 0 Å². The van der Waals surface area contributed by atoms with Crippen molar-refractivity contribution in [3.05, 3.63) is 22.8 Å². The van der Waals surface area contributed by atoms with Crippen LogP contribution in [0.5, 0.6) is 0 Å². The summed E-state index contributed by atoms with van der Waals surface area (Å²) >= 11 is 6.71. The molecule has 0 aromatic heterocycles. The fraction of sp³-hybridized carbons (Fsp3) is 0.696. The van der Waals surface area contributed by atoms with E-state index in [0.29, 0.717) is 17.4 Å². The maximum Gasteiger partial charge on any atom is 0.332 e. The molecular formula is C23H29ClO5. The maximum absolute atomic E-state index is 12.5. The number of ether oxygens (including phenoxy) is 1. The minimum absolute atomic E-state index is 0.00844. The molecule has 2 fully saturated rings. The van der Waals surface area contributed by atoms with Gasteiger partial charge in [-0.2, -0.15) is 0 Å². The van der Waals surface area contributed by atoms with Crippen molar-refractivity contribution in [3.63, 3.8) is 0 Å². The first kappa shape index (κ1) is 20.8. The lowest BCUT2D eigenvalue weighted by Crippen LogP contribution is -2.52. The Balaban J connectivity index is 1.71. The van der Waals surface area contributed by atoms with E-state index in [0.717, 1.165) is 31.3 Å². The van der Waals surface area contributed by atoms with Crippen molar-refractivity contribution < 1.29 is 24.2 Å². The number of fused-ring (bicyclic) bond motifs is 5. The lowest BCUT2D eigenvalue weighted by atomic mass is 9.48. The number of carbonyl (C=O) groups is 3. The molecule has 4 rings (SSSR count). The number of Topliss-reactive ketones (excluding diaryl/α,β-unsaturated/α-hetero) is 1. The van der Waals surface area contributed by atoms with Crippen molar-refractivity contribution in [1.29, 1.82) is 0 Å². The zero-order valence-electron chi connectivity index (χ0n) is 17.2. The number of rotatable bonds is 3. The van der Waals surface area contributed by atoms with Gasteiger partial charge in [0.25, 0.3) is 0 Å². The molecule has 4 aliphatic rings. The number of ketones is 2. The van der Waals surface area contributed by atoms with Crippen LogP contribution in [0, 0.1) is 34.5 Å². The zero-order valence-corrected chi connectivity index (χ0v) is 18.0. The van der Waals surface area contributed by atoms with Gasteiger partial charge in [-0.3, -0.25) is 9.59 Å². The van der Waals surface area contributed by atoms with Crippen LogP contribution in [0.3, 0.4) is 0 Å². The predicted molar refractivity (Wildman–Crippen MR) is 108 cm³/mol. The summed E-state index contributed by atoms with van der Waals surface area (Å²) in [7, 11) is 0. The third kappa shape index (κ3) is 3.04. The van der Waals surface area contributed by atoms with E-state index in [1.165, 1.54) is 6.08 Å². The number of carbonyl (C=O) groups excluding carboxylic acids is 3. The molecule has 29 heavy (non-hydrogen) atoms. The van der Waals surface area contributed by atoms with Crippen molar-refractivity contribution in [2.24, 2.45) is 34.5 Å². The first-order chi connectivity index (χ1) is 13.6. The van der Waals surface area contributed by atoms with Gasteiger partial charge in [0.15, 0.2) is 11.9 Å². The number of aliphatic hydroxyl groups is 1. The van der Waals surface area contributed by atoms with Crippen molar-refractivity contribution in [2.75, 3.05) is 6.61 Å². The summed E-state index contributed by atoms with van der Waals surface area (Å²) < 4.78 is 5.25. The van der Waals surface area contributed by atoms with Crippen molar-refractivity contribution in [1.82, 2.24) is 0 Å².